The minimum absolute atomic E-state index is 0. The molecule has 0 atom stereocenters. The van der Waals surface area contributed by atoms with Gasteiger partial charge in [0.25, 0.3) is 0 Å². The number of carbonyl (C=O) groups is 1. The predicted octanol–water partition coefficient (Wildman–Crippen LogP) is 3.03. The molecule has 6 nitrogen and oxygen atoms in total. The molecule has 2 aliphatic heterocycles. The van der Waals surface area contributed by atoms with Crippen LogP contribution in [0.3, 0.4) is 0 Å². The highest BCUT2D eigenvalue weighted by atomic mass is 127. The van der Waals surface area contributed by atoms with Gasteiger partial charge in [0, 0.05) is 38.4 Å². The van der Waals surface area contributed by atoms with Crippen LogP contribution in [0.15, 0.2) is 41.4 Å². The zero-order chi connectivity index (χ0) is 19.1. The molecule has 1 aromatic rings. The van der Waals surface area contributed by atoms with Crippen LogP contribution in [-0.2, 0) is 16.1 Å². The fourth-order valence-electron chi connectivity index (χ4n) is 3.59. The molecule has 0 unspecified atom stereocenters. The molecule has 154 valence electrons. The quantitative estimate of drug-likeness (QED) is 0.223. The van der Waals surface area contributed by atoms with Gasteiger partial charge in [0.2, 0.25) is 0 Å². The lowest BCUT2D eigenvalue weighted by atomic mass is 9.97. The Bertz CT molecular complexity index is 674. The summed E-state index contributed by atoms with van der Waals surface area (Å²) < 4.78 is 4.87. The van der Waals surface area contributed by atoms with Gasteiger partial charge in [-0.05, 0) is 37.5 Å². The van der Waals surface area contributed by atoms with Crippen LogP contribution in [0.4, 0.5) is 5.69 Å². The van der Waals surface area contributed by atoms with Crippen LogP contribution in [-0.4, -0.2) is 56.7 Å². The summed E-state index contributed by atoms with van der Waals surface area (Å²) >= 11 is 0. The van der Waals surface area contributed by atoms with E-state index in [1.54, 1.807) is 0 Å². The number of rotatable bonds is 5. The molecule has 0 spiro atoms. The molecule has 1 fully saturated rings. The number of methoxy groups -OCH3 is 1. The molecule has 2 aliphatic rings. The summed E-state index contributed by atoms with van der Waals surface area (Å²) in [5, 5.41) is 3.38. The minimum Gasteiger partial charge on any atom is -0.469 e. The zero-order valence-corrected chi connectivity index (χ0v) is 19.1. The Balaban J connectivity index is 0.00000280. The molecule has 3 rings (SSSR count). The van der Waals surface area contributed by atoms with Gasteiger partial charge in [-0.1, -0.05) is 24.3 Å². The van der Waals surface area contributed by atoms with Gasteiger partial charge >= 0.3 is 5.97 Å². The Labute approximate surface area is 185 Å². The Morgan fingerprint density at radius 1 is 1.18 bits per heavy atom. The van der Waals surface area contributed by atoms with E-state index < -0.39 is 0 Å². The fraction of sp³-hybridized carbons (Fsp3) is 0.524. The van der Waals surface area contributed by atoms with Gasteiger partial charge < -0.3 is 19.9 Å². The van der Waals surface area contributed by atoms with Gasteiger partial charge in [0.1, 0.15) is 0 Å². The van der Waals surface area contributed by atoms with Gasteiger partial charge in [0.05, 0.1) is 19.6 Å². The van der Waals surface area contributed by atoms with Crippen molar-refractivity contribution < 1.29 is 9.53 Å². The SMILES string of the molecule is CCNC(=NCc1ccc(N2CC=CC2)cc1)N1CCC(C(=O)OC)CC1.I. The van der Waals surface area contributed by atoms with E-state index >= 15 is 0 Å². The molecule has 0 aliphatic carbocycles. The molecular weight excluding hydrogens is 467 g/mol. The number of nitrogens with one attached hydrogen (secondary N) is 1. The first kappa shape index (κ1) is 22.5. The first-order valence-corrected chi connectivity index (χ1v) is 9.81. The Hall–Kier alpha value is -1.77. The van der Waals surface area contributed by atoms with Gasteiger partial charge in [-0.15, -0.1) is 24.0 Å². The lowest BCUT2D eigenvalue weighted by molar-refractivity contribution is -0.146. The maximum atomic E-state index is 11.7. The molecule has 2 heterocycles. The highest BCUT2D eigenvalue weighted by Crippen LogP contribution is 2.20. The summed E-state index contributed by atoms with van der Waals surface area (Å²) in [6.45, 7) is 7.19. The summed E-state index contributed by atoms with van der Waals surface area (Å²) in [5.41, 5.74) is 2.45. The van der Waals surface area contributed by atoms with Crippen LogP contribution in [0.1, 0.15) is 25.3 Å². The third-order valence-electron chi connectivity index (χ3n) is 5.20. The predicted molar refractivity (Wildman–Crippen MR) is 124 cm³/mol. The van der Waals surface area contributed by atoms with E-state index in [-0.39, 0.29) is 35.9 Å². The standard InChI is InChI=1S/C21H30N4O2.HI/c1-3-22-21(25-14-10-18(11-15-25)20(26)27-2)23-16-17-6-8-19(9-7-17)24-12-4-5-13-24;/h4-9,18H,3,10-16H2,1-2H3,(H,22,23);1H. The molecule has 28 heavy (non-hydrogen) atoms. The van der Waals surface area contributed by atoms with Crippen LogP contribution in [0, 0.1) is 5.92 Å². The van der Waals surface area contributed by atoms with E-state index in [4.69, 9.17) is 9.73 Å². The molecule has 0 saturated carbocycles. The van der Waals surface area contributed by atoms with Crippen molar-refractivity contribution in [3.63, 3.8) is 0 Å². The maximum Gasteiger partial charge on any atom is 0.308 e. The number of piperidine rings is 1. The molecule has 0 radical (unpaired) electrons. The van der Waals surface area contributed by atoms with E-state index in [1.165, 1.54) is 18.4 Å². The van der Waals surface area contributed by atoms with Gasteiger partial charge in [-0.3, -0.25) is 4.79 Å². The second-order valence-electron chi connectivity index (χ2n) is 7.00. The number of hydrogen-bond acceptors (Lipinski definition) is 4. The average Bonchev–Trinajstić information content (AvgIpc) is 3.26. The van der Waals surface area contributed by atoms with Crippen LogP contribution < -0.4 is 10.2 Å². The lowest BCUT2D eigenvalue weighted by Gasteiger charge is -2.33. The second kappa shape index (κ2) is 11.3. The van der Waals surface area contributed by atoms with Crippen molar-refractivity contribution in [2.24, 2.45) is 10.9 Å². The number of nitrogens with zero attached hydrogens (tertiary/aromatic N) is 3. The van der Waals surface area contributed by atoms with Crippen LogP contribution >= 0.6 is 24.0 Å². The van der Waals surface area contributed by atoms with E-state index in [1.807, 2.05) is 0 Å². The number of hydrogen-bond donors (Lipinski definition) is 1. The number of anilines is 1. The van der Waals surface area contributed by atoms with Crippen molar-refractivity contribution in [3.05, 3.63) is 42.0 Å². The number of likely N-dealkylation sites (tertiary alicyclic amines) is 1. The Morgan fingerprint density at radius 2 is 1.82 bits per heavy atom. The highest BCUT2D eigenvalue weighted by Gasteiger charge is 2.26. The first-order chi connectivity index (χ1) is 13.2. The average molecular weight is 498 g/mol. The van der Waals surface area contributed by atoms with Crippen LogP contribution in [0.5, 0.6) is 0 Å². The lowest BCUT2D eigenvalue weighted by Crippen LogP contribution is -2.46. The molecule has 0 aromatic heterocycles. The third kappa shape index (κ3) is 5.86. The number of esters is 1. The molecule has 1 N–H and O–H groups in total. The number of benzene rings is 1. The number of guanidine groups is 1. The van der Waals surface area contributed by atoms with Gasteiger partial charge in [0.15, 0.2) is 5.96 Å². The van der Waals surface area contributed by atoms with E-state index in [9.17, 15) is 4.79 Å². The molecule has 0 bridgehead atoms. The molecule has 7 heteroatoms. The summed E-state index contributed by atoms with van der Waals surface area (Å²) in [7, 11) is 1.46. The fourth-order valence-corrected chi connectivity index (χ4v) is 3.59. The third-order valence-corrected chi connectivity index (χ3v) is 5.20. The van der Waals surface area contributed by atoms with Gasteiger partial charge in [-0.2, -0.15) is 0 Å². The van der Waals surface area contributed by atoms with E-state index in [0.717, 1.165) is 51.5 Å². The Kier molecular flexibility index (Phi) is 9.08. The van der Waals surface area contributed by atoms with Crippen molar-refractivity contribution in [2.45, 2.75) is 26.3 Å². The summed E-state index contributed by atoms with van der Waals surface area (Å²) in [6, 6.07) is 8.66. The molecular formula is C21H31IN4O2. The monoisotopic (exact) mass is 498 g/mol. The normalized spacial score (nSPS) is 17.4. The van der Waals surface area contributed by atoms with E-state index in [2.05, 4.69) is 58.5 Å². The molecule has 1 saturated heterocycles. The van der Waals surface area contributed by atoms with Crippen molar-refractivity contribution in [3.8, 4) is 0 Å². The van der Waals surface area contributed by atoms with Crippen molar-refractivity contribution >= 4 is 41.6 Å². The second-order valence-corrected chi connectivity index (χ2v) is 7.00. The number of aliphatic imine (C=N–C) groups is 1. The summed E-state index contributed by atoms with van der Waals surface area (Å²) in [4.78, 5) is 21.1. The highest BCUT2D eigenvalue weighted by molar-refractivity contribution is 14.0. The maximum absolute atomic E-state index is 11.7. The molecule has 0 amide bonds. The van der Waals surface area contributed by atoms with Crippen LogP contribution in [0.25, 0.3) is 0 Å². The zero-order valence-electron chi connectivity index (χ0n) is 16.8. The van der Waals surface area contributed by atoms with Crippen molar-refractivity contribution in [1.82, 2.24) is 10.2 Å². The number of ether oxygens (including phenoxy) is 1. The topological polar surface area (TPSA) is 57.2 Å². The largest absolute Gasteiger partial charge is 0.469 e. The van der Waals surface area contributed by atoms with E-state index in [0.29, 0.717) is 6.54 Å². The van der Waals surface area contributed by atoms with Crippen LogP contribution in [0.2, 0.25) is 0 Å². The summed E-state index contributed by atoms with van der Waals surface area (Å²) in [5.74, 6) is 0.847. The minimum atomic E-state index is -0.0927. The number of halogens is 1. The summed E-state index contributed by atoms with van der Waals surface area (Å²) in [6.07, 6.45) is 6.03. The van der Waals surface area contributed by atoms with Gasteiger partial charge in [-0.25, -0.2) is 4.99 Å². The van der Waals surface area contributed by atoms with Crippen molar-refractivity contribution in [1.29, 1.82) is 0 Å². The first-order valence-electron chi connectivity index (χ1n) is 9.81. The smallest absolute Gasteiger partial charge is 0.308 e. The molecule has 1 aromatic carbocycles. The number of carbonyl (C=O) groups excluding carboxylic acids is 1. The Morgan fingerprint density at radius 3 is 2.39 bits per heavy atom. The van der Waals surface area contributed by atoms with Crippen molar-refractivity contribution in [2.75, 3.05) is 44.7 Å².